The first-order valence-electron chi connectivity index (χ1n) is 8.94. The van der Waals surface area contributed by atoms with Crippen molar-refractivity contribution in [2.75, 3.05) is 36.3 Å². The fraction of sp³-hybridized carbons (Fsp3) is 0.500. The van der Waals surface area contributed by atoms with Gasteiger partial charge in [0, 0.05) is 30.4 Å². The Kier molecular flexibility index (Phi) is 6.27. The summed E-state index contributed by atoms with van der Waals surface area (Å²) in [7, 11) is -3.24. The van der Waals surface area contributed by atoms with Crippen molar-refractivity contribution in [3.63, 3.8) is 0 Å². The predicted molar refractivity (Wildman–Crippen MR) is 107 cm³/mol. The summed E-state index contributed by atoms with van der Waals surface area (Å²) >= 11 is 1.53. The van der Waals surface area contributed by atoms with Crippen LogP contribution in [-0.2, 0) is 19.6 Å². The number of anilines is 1. The monoisotopic (exact) mass is 422 g/mol. The van der Waals surface area contributed by atoms with Gasteiger partial charge in [-0.3, -0.25) is 9.59 Å². The van der Waals surface area contributed by atoms with Gasteiger partial charge in [-0.15, -0.1) is 11.8 Å². The van der Waals surface area contributed by atoms with E-state index in [1.807, 2.05) is 6.07 Å². The Morgan fingerprint density at radius 3 is 2.43 bits per heavy atom. The third-order valence-electron chi connectivity index (χ3n) is 5.02. The third kappa shape index (κ3) is 4.66. The maximum Gasteiger partial charge on any atom is 0.248 e. The Balaban J connectivity index is 1.61. The predicted octanol–water partition coefficient (Wildman–Crippen LogP) is 1.07. The Hall–Kier alpha value is -2.09. The van der Waals surface area contributed by atoms with E-state index in [-0.39, 0.29) is 17.7 Å². The van der Waals surface area contributed by atoms with Gasteiger partial charge in [-0.1, -0.05) is 0 Å². The van der Waals surface area contributed by atoms with Gasteiger partial charge in [0.15, 0.2) is 0 Å². The highest BCUT2D eigenvalue weighted by Crippen LogP contribution is 2.28. The second-order valence-electron chi connectivity index (χ2n) is 6.94. The second kappa shape index (κ2) is 8.51. The summed E-state index contributed by atoms with van der Waals surface area (Å²) in [4.78, 5) is 27.2. The fourth-order valence-electron chi connectivity index (χ4n) is 3.40. The molecule has 0 radical (unpaired) electrons. The second-order valence-corrected chi connectivity index (χ2v) is 9.92. The summed E-state index contributed by atoms with van der Waals surface area (Å²) in [5, 5.41) is 11.6. The van der Waals surface area contributed by atoms with E-state index in [4.69, 9.17) is 5.26 Å². The van der Waals surface area contributed by atoms with Crippen LogP contribution in [0.5, 0.6) is 0 Å². The van der Waals surface area contributed by atoms with E-state index in [1.54, 1.807) is 29.2 Å². The lowest BCUT2D eigenvalue weighted by molar-refractivity contribution is -0.140. The maximum atomic E-state index is 12.9. The highest BCUT2D eigenvalue weighted by atomic mass is 32.2. The van der Waals surface area contributed by atoms with Gasteiger partial charge in [0.2, 0.25) is 21.8 Å². The molecule has 0 spiro atoms. The molecule has 0 saturated carbocycles. The number of hydrogen-bond donors (Lipinski definition) is 1. The number of piperidine rings is 1. The smallest absolute Gasteiger partial charge is 0.248 e. The normalized spacial score (nSPS) is 21.3. The van der Waals surface area contributed by atoms with Crippen molar-refractivity contribution in [1.29, 1.82) is 5.26 Å². The molecule has 1 unspecified atom stereocenters. The topological polar surface area (TPSA) is 111 Å². The van der Waals surface area contributed by atoms with Crippen LogP contribution in [0.3, 0.4) is 0 Å². The van der Waals surface area contributed by atoms with Crippen LogP contribution in [0.1, 0.15) is 18.4 Å². The van der Waals surface area contributed by atoms with Gasteiger partial charge in [-0.25, -0.2) is 12.7 Å². The molecule has 1 atom stereocenters. The average Bonchev–Trinajstić information content (AvgIpc) is 3.17. The van der Waals surface area contributed by atoms with Gasteiger partial charge in [0.1, 0.15) is 6.04 Å². The van der Waals surface area contributed by atoms with Crippen LogP contribution in [0, 0.1) is 17.2 Å². The van der Waals surface area contributed by atoms with Crippen molar-refractivity contribution in [3.05, 3.63) is 29.8 Å². The summed E-state index contributed by atoms with van der Waals surface area (Å²) in [6, 6.07) is 8.03. The van der Waals surface area contributed by atoms with E-state index >= 15 is 0 Å². The number of nitriles is 1. The highest BCUT2D eigenvalue weighted by Gasteiger charge is 2.39. The number of nitrogens with one attached hydrogen (secondary N) is 1. The minimum absolute atomic E-state index is 0.0851. The highest BCUT2D eigenvalue weighted by molar-refractivity contribution is 7.99. The quantitative estimate of drug-likeness (QED) is 0.777. The van der Waals surface area contributed by atoms with E-state index in [9.17, 15) is 18.0 Å². The Labute approximate surface area is 168 Å². The summed E-state index contributed by atoms with van der Waals surface area (Å²) in [5.74, 6) is 0.378. The molecule has 0 aromatic heterocycles. The first kappa shape index (κ1) is 20.6. The molecule has 10 heteroatoms. The number of hydrogen-bond acceptors (Lipinski definition) is 6. The molecule has 2 heterocycles. The minimum atomic E-state index is -3.24. The first-order chi connectivity index (χ1) is 13.3. The molecule has 2 saturated heterocycles. The summed E-state index contributed by atoms with van der Waals surface area (Å²) in [6.45, 7) is 0.663. The summed E-state index contributed by atoms with van der Waals surface area (Å²) < 4.78 is 24.7. The van der Waals surface area contributed by atoms with E-state index in [1.165, 1.54) is 22.3 Å². The molecule has 150 valence electrons. The van der Waals surface area contributed by atoms with Gasteiger partial charge >= 0.3 is 0 Å². The minimum Gasteiger partial charge on any atom is -0.324 e. The largest absolute Gasteiger partial charge is 0.324 e. The van der Waals surface area contributed by atoms with Crippen molar-refractivity contribution in [3.8, 4) is 6.07 Å². The summed E-state index contributed by atoms with van der Waals surface area (Å²) in [5.41, 5.74) is 1.08. The van der Waals surface area contributed by atoms with Crippen molar-refractivity contribution in [2.45, 2.75) is 18.9 Å². The lowest BCUT2D eigenvalue weighted by Gasteiger charge is -2.33. The number of sulfonamides is 1. The van der Waals surface area contributed by atoms with Crippen LogP contribution in [0.4, 0.5) is 5.69 Å². The number of carbonyl (C=O) groups is 2. The first-order valence-corrected chi connectivity index (χ1v) is 11.9. The van der Waals surface area contributed by atoms with Gasteiger partial charge < -0.3 is 10.2 Å². The van der Waals surface area contributed by atoms with E-state index < -0.39 is 16.1 Å². The Morgan fingerprint density at radius 2 is 1.86 bits per heavy atom. The Bertz CT molecular complexity index is 887. The molecule has 0 bridgehead atoms. The third-order valence-corrected chi connectivity index (χ3v) is 7.34. The number of benzene rings is 1. The Morgan fingerprint density at radius 1 is 1.21 bits per heavy atom. The number of nitrogens with zero attached hydrogens (tertiary/aromatic N) is 3. The molecule has 1 aromatic carbocycles. The molecule has 2 aliphatic rings. The zero-order valence-corrected chi connectivity index (χ0v) is 17.1. The number of thioether (sulfide) groups is 1. The van der Waals surface area contributed by atoms with Crippen molar-refractivity contribution >= 4 is 39.3 Å². The zero-order chi connectivity index (χ0) is 20.3. The number of amides is 2. The van der Waals surface area contributed by atoms with Crippen LogP contribution in [-0.4, -0.2) is 66.5 Å². The van der Waals surface area contributed by atoms with Crippen molar-refractivity contribution in [2.24, 2.45) is 5.92 Å². The van der Waals surface area contributed by atoms with E-state index in [0.29, 0.717) is 48.8 Å². The molecule has 3 rings (SSSR count). The van der Waals surface area contributed by atoms with Gasteiger partial charge in [-0.2, -0.15) is 5.26 Å². The fourth-order valence-corrected chi connectivity index (χ4v) is 5.44. The molecular weight excluding hydrogens is 400 g/mol. The molecule has 1 N–H and O–H groups in total. The lowest BCUT2D eigenvalue weighted by atomic mass is 9.96. The molecule has 8 nitrogen and oxygen atoms in total. The zero-order valence-electron chi connectivity index (χ0n) is 15.5. The van der Waals surface area contributed by atoms with E-state index in [0.717, 1.165) is 0 Å². The van der Waals surface area contributed by atoms with Gasteiger partial charge in [0.25, 0.3) is 0 Å². The van der Waals surface area contributed by atoms with E-state index in [2.05, 4.69) is 5.32 Å². The number of carbonyl (C=O) groups excluding carboxylic acids is 2. The molecule has 0 aliphatic carbocycles. The summed E-state index contributed by atoms with van der Waals surface area (Å²) in [6.07, 6.45) is 2.11. The molecular formula is C18H22N4O4S2. The van der Waals surface area contributed by atoms with Gasteiger partial charge in [-0.05, 0) is 37.1 Å². The number of rotatable bonds is 4. The van der Waals surface area contributed by atoms with Crippen molar-refractivity contribution < 1.29 is 18.0 Å². The molecule has 2 fully saturated rings. The average molecular weight is 423 g/mol. The van der Waals surface area contributed by atoms with Crippen LogP contribution in [0.25, 0.3) is 0 Å². The maximum absolute atomic E-state index is 12.9. The molecule has 2 aliphatic heterocycles. The molecule has 28 heavy (non-hydrogen) atoms. The molecule has 1 aromatic rings. The SMILES string of the molecule is CS(=O)(=O)N1CCC(C(=O)N2CSCC2C(=O)Nc2ccc(C#N)cc2)CC1. The molecule has 2 amide bonds. The van der Waals surface area contributed by atoms with Crippen LogP contribution in [0.2, 0.25) is 0 Å². The standard InChI is InChI=1S/C18H22N4O4S2/c1-28(25,26)21-8-6-14(7-9-21)18(24)22-12-27-11-16(22)17(23)20-15-4-2-13(10-19)3-5-15/h2-5,14,16H,6-9,11-12H2,1H3,(H,20,23). The van der Waals surface area contributed by atoms with Gasteiger partial charge in [0.05, 0.1) is 23.8 Å². The van der Waals surface area contributed by atoms with Crippen LogP contribution < -0.4 is 5.32 Å². The van der Waals surface area contributed by atoms with Crippen LogP contribution >= 0.6 is 11.8 Å². The van der Waals surface area contributed by atoms with Crippen molar-refractivity contribution in [1.82, 2.24) is 9.21 Å². The van der Waals surface area contributed by atoms with Crippen LogP contribution in [0.15, 0.2) is 24.3 Å². The lowest BCUT2D eigenvalue weighted by Crippen LogP contribution is -2.49.